The van der Waals surface area contributed by atoms with Crippen LogP contribution in [0.3, 0.4) is 0 Å². The van der Waals surface area contributed by atoms with Crippen LogP contribution in [-0.2, 0) is 10.0 Å². The van der Waals surface area contributed by atoms with Gasteiger partial charge in [-0.3, -0.25) is 4.79 Å². The van der Waals surface area contributed by atoms with Gasteiger partial charge in [-0.2, -0.15) is 4.31 Å². The zero-order chi connectivity index (χ0) is 17.9. The summed E-state index contributed by atoms with van der Waals surface area (Å²) in [6.07, 6.45) is 1.81. The highest BCUT2D eigenvalue weighted by Crippen LogP contribution is 2.21. The molecule has 7 heteroatoms. The summed E-state index contributed by atoms with van der Waals surface area (Å²) in [6.45, 7) is 1.31. The number of hydrogen-bond donors (Lipinski definition) is 1. The van der Waals surface area contributed by atoms with Crippen molar-refractivity contribution in [2.75, 3.05) is 25.0 Å². The highest BCUT2D eigenvalue weighted by molar-refractivity contribution is 14.1. The maximum atomic E-state index is 12.5. The third-order valence-corrected chi connectivity index (χ3v) is 6.81. The monoisotopic (exact) mass is 470 g/mol. The number of carbonyl (C=O) groups is 1. The summed E-state index contributed by atoms with van der Waals surface area (Å²) in [4.78, 5) is 12.5. The van der Waals surface area contributed by atoms with Crippen molar-refractivity contribution in [1.29, 1.82) is 0 Å². The van der Waals surface area contributed by atoms with Crippen molar-refractivity contribution in [2.45, 2.75) is 17.7 Å². The maximum Gasteiger partial charge on any atom is 0.243 e. The maximum absolute atomic E-state index is 12.5. The molecule has 5 nitrogen and oxygen atoms in total. The van der Waals surface area contributed by atoms with Crippen molar-refractivity contribution >= 4 is 44.1 Å². The molecule has 25 heavy (non-hydrogen) atoms. The van der Waals surface area contributed by atoms with Gasteiger partial charge in [-0.25, -0.2) is 8.42 Å². The lowest BCUT2D eigenvalue weighted by atomic mass is 10.1. The molecule has 132 valence electrons. The van der Waals surface area contributed by atoms with Gasteiger partial charge in [0.05, 0.1) is 11.4 Å². The predicted octanol–water partition coefficient (Wildman–Crippen LogP) is 3.37. The molecule has 0 unspecified atom stereocenters. The first-order valence-corrected chi connectivity index (χ1v) is 10.6. The number of carbonyl (C=O) groups excluding carboxylic acids is 1. The average molecular weight is 470 g/mol. The smallest absolute Gasteiger partial charge is 0.243 e. The zero-order valence-electron chi connectivity index (χ0n) is 13.6. The van der Waals surface area contributed by atoms with Gasteiger partial charge >= 0.3 is 0 Å². The van der Waals surface area contributed by atoms with Gasteiger partial charge in [0.1, 0.15) is 0 Å². The number of hydrogen-bond acceptors (Lipinski definition) is 4. The number of sulfonamides is 1. The zero-order valence-corrected chi connectivity index (χ0v) is 16.6. The van der Waals surface area contributed by atoms with Gasteiger partial charge < -0.3 is 5.32 Å². The standard InChI is InChI=1S/C18H19IN2O3S/c19-15-5-7-16(8-6-15)20-13-18(22)14-3-9-17(10-4-14)25(23,24)21-11-1-2-12-21/h3-10,20H,1-2,11-13H2. The van der Waals surface area contributed by atoms with Crippen LogP contribution in [0.5, 0.6) is 0 Å². The van der Waals surface area contributed by atoms with Crippen LogP contribution in [0, 0.1) is 3.57 Å². The van der Waals surface area contributed by atoms with Crippen molar-refractivity contribution in [1.82, 2.24) is 4.31 Å². The lowest BCUT2D eigenvalue weighted by Crippen LogP contribution is -2.27. The molecule has 1 heterocycles. The molecular weight excluding hydrogens is 451 g/mol. The Labute approximate surface area is 161 Å². The van der Waals surface area contributed by atoms with E-state index in [9.17, 15) is 13.2 Å². The van der Waals surface area contributed by atoms with E-state index in [1.807, 2.05) is 24.3 Å². The normalized spacial score (nSPS) is 15.2. The van der Waals surface area contributed by atoms with Crippen LogP contribution in [0.1, 0.15) is 23.2 Å². The van der Waals surface area contributed by atoms with Gasteiger partial charge in [-0.1, -0.05) is 0 Å². The Bertz CT molecular complexity index is 843. The number of nitrogens with one attached hydrogen (secondary N) is 1. The average Bonchev–Trinajstić information content (AvgIpc) is 3.16. The minimum Gasteiger partial charge on any atom is -0.378 e. The van der Waals surface area contributed by atoms with E-state index in [0.717, 1.165) is 22.1 Å². The Hall–Kier alpha value is -1.45. The van der Waals surface area contributed by atoms with Crippen LogP contribution in [0.25, 0.3) is 0 Å². The van der Waals surface area contributed by atoms with Crippen LogP contribution in [0.4, 0.5) is 5.69 Å². The summed E-state index contributed by atoms with van der Waals surface area (Å²) >= 11 is 2.22. The Morgan fingerprint density at radius 2 is 1.60 bits per heavy atom. The van der Waals surface area contributed by atoms with Crippen molar-refractivity contribution in [2.24, 2.45) is 0 Å². The minimum atomic E-state index is -3.43. The summed E-state index contributed by atoms with van der Waals surface area (Å²) in [6, 6.07) is 14.0. The van der Waals surface area contributed by atoms with E-state index in [-0.39, 0.29) is 17.2 Å². The molecular formula is C18H19IN2O3S. The number of halogens is 1. The lowest BCUT2D eigenvalue weighted by molar-refractivity contribution is 0.101. The van der Waals surface area contributed by atoms with Gasteiger partial charge in [0.25, 0.3) is 0 Å². The number of Topliss-reactive ketones (excluding diaryl/α,β-unsaturated/α-hetero) is 1. The van der Waals surface area contributed by atoms with Gasteiger partial charge in [-0.15, -0.1) is 0 Å². The van der Waals surface area contributed by atoms with Crippen LogP contribution in [0.2, 0.25) is 0 Å². The first-order chi connectivity index (χ1) is 12.0. The molecule has 0 amide bonds. The Morgan fingerprint density at radius 1 is 1.00 bits per heavy atom. The van der Waals surface area contributed by atoms with Crippen LogP contribution in [-0.4, -0.2) is 38.1 Å². The molecule has 0 spiro atoms. The summed E-state index contributed by atoms with van der Waals surface area (Å²) in [5.74, 6) is -0.0799. The Balaban J connectivity index is 1.65. The summed E-state index contributed by atoms with van der Waals surface area (Å²) in [5.41, 5.74) is 1.38. The third-order valence-electron chi connectivity index (χ3n) is 4.18. The molecule has 0 aromatic heterocycles. The second-order valence-electron chi connectivity index (χ2n) is 5.92. The van der Waals surface area contributed by atoms with E-state index in [0.29, 0.717) is 18.7 Å². The fraction of sp³-hybridized carbons (Fsp3) is 0.278. The van der Waals surface area contributed by atoms with Gasteiger partial charge in [0.15, 0.2) is 5.78 Å². The molecule has 1 N–H and O–H groups in total. The number of nitrogens with zero attached hydrogens (tertiary/aromatic N) is 1. The lowest BCUT2D eigenvalue weighted by Gasteiger charge is -2.15. The topological polar surface area (TPSA) is 66.5 Å². The third kappa shape index (κ3) is 4.39. The molecule has 1 fully saturated rings. The molecule has 0 aliphatic carbocycles. The molecule has 0 saturated carbocycles. The van der Waals surface area contributed by atoms with E-state index in [2.05, 4.69) is 27.9 Å². The number of ketones is 1. The van der Waals surface area contributed by atoms with E-state index in [1.54, 1.807) is 12.1 Å². The second kappa shape index (κ2) is 7.84. The number of benzene rings is 2. The SMILES string of the molecule is O=C(CNc1ccc(I)cc1)c1ccc(S(=O)(=O)N2CCCC2)cc1. The summed E-state index contributed by atoms with van der Waals surface area (Å²) in [5, 5.41) is 3.08. The van der Waals surface area contributed by atoms with Crippen molar-refractivity contribution < 1.29 is 13.2 Å². The molecule has 1 aliphatic rings. The molecule has 3 rings (SSSR count). The Kier molecular flexibility index (Phi) is 5.75. The largest absolute Gasteiger partial charge is 0.378 e. The van der Waals surface area contributed by atoms with Crippen molar-refractivity contribution in [3.8, 4) is 0 Å². The molecule has 2 aromatic rings. The van der Waals surface area contributed by atoms with Crippen LogP contribution < -0.4 is 5.32 Å². The van der Waals surface area contributed by atoms with E-state index >= 15 is 0 Å². The van der Waals surface area contributed by atoms with Gasteiger partial charge in [0, 0.05) is 27.9 Å². The first kappa shape index (κ1) is 18.3. The molecule has 1 saturated heterocycles. The van der Waals surface area contributed by atoms with E-state index in [1.165, 1.54) is 16.4 Å². The molecule has 2 aromatic carbocycles. The fourth-order valence-electron chi connectivity index (χ4n) is 2.74. The second-order valence-corrected chi connectivity index (χ2v) is 9.10. The number of anilines is 1. The molecule has 0 atom stereocenters. The summed E-state index contributed by atoms with van der Waals surface area (Å²) in [7, 11) is -3.43. The highest BCUT2D eigenvalue weighted by Gasteiger charge is 2.27. The molecule has 1 aliphatic heterocycles. The minimum absolute atomic E-state index is 0.0799. The fourth-order valence-corrected chi connectivity index (χ4v) is 4.62. The molecule has 0 bridgehead atoms. The quantitative estimate of drug-likeness (QED) is 0.520. The van der Waals surface area contributed by atoms with E-state index in [4.69, 9.17) is 0 Å². The predicted molar refractivity (Wildman–Crippen MR) is 106 cm³/mol. The van der Waals surface area contributed by atoms with Crippen LogP contribution >= 0.6 is 22.6 Å². The Morgan fingerprint density at radius 3 is 2.20 bits per heavy atom. The van der Waals surface area contributed by atoms with Crippen molar-refractivity contribution in [3.05, 3.63) is 57.7 Å². The van der Waals surface area contributed by atoms with Gasteiger partial charge in [0.2, 0.25) is 10.0 Å². The first-order valence-electron chi connectivity index (χ1n) is 8.10. The van der Waals surface area contributed by atoms with Crippen LogP contribution in [0.15, 0.2) is 53.4 Å². The summed E-state index contributed by atoms with van der Waals surface area (Å²) < 4.78 is 27.6. The van der Waals surface area contributed by atoms with Crippen molar-refractivity contribution in [3.63, 3.8) is 0 Å². The van der Waals surface area contributed by atoms with E-state index < -0.39 is 10.0 Å². The number of rotatable bonds is 6. The highest BCUT2D eigenvalue weighted by atomic mass is 127. The van der Waals surface area contributed by atoms with Gasteiger partial charge in [-0.05, 0) is 84.0 Å². The molecule has 0 radical (unpaired) electrons.